The predicted molar refractivity (Wildman–Crippen MR) is 87.5 cm³/mol. The summed E-state index contributed by atoms with van der Waals surface area (Å²) in [5, 5.41) is 0. The molecule has 124 valence electrons. The number of aromatic amines is 1. The third-order valence-corrected chi connectivity index (χ3v) is 5.41. The monoisotopic (exact) mass is 335 g/mol. The van der Waals surface area contributed by atoms with E-state index < -0.39 is 10.0 Å². The number of rotatable bonds is 3. The number of piperidine rings is 1. The minimum absolute atomic E-state index is 0.183. The highest BCUT2D eigenvalue weighted by atomic mass is 32.2. The van der Waals surface area contributed by atoms with Crippen LogP contribution in [0.5, 0.6) is 0 Å². The van der Waals surface area contributed by atoms with Gasteiger partial charge in [0.15, 0.2) is 5.82 Å². The molecule has 0 spiro atoms. The van der Waals surface area contributed by atoms with Crippen molar-refractivity contribution in [3.8, 4) is 11.5 Å². The Labute approximate surface area is 136 Å². The number of hydrogen-bond acceptors (Lipinski definition) is 5. The lowest BCUT2D eigenvalue weighted by Crippen LogP contribution is -2.37. The first-order chi connectivity index (χ1) is 10.8. The molecule has 23 heavy (non-hydrogen) atoms. The van der Waals surface area contributed by atoms with E-state index >= 15 is 0 Å². The Morgan fingerprint density at radius 3 is 2.48 bits per heavy atom. The second-order valence-corrected chi connectivity index (χ2v) is 8.09. The minimum atomic E-state index is -3.11. The SMILES string of the molecule is Cc1cc(-c2ncc(C)[nH]2)nc(C2CCN(S(C)(=O)=O)CC2)n1. The van der Waals surface area contributed by atoms with Crippen LogP contribution in [-0.2, 0) is 10.0 Å². The second-order valence-electron chi connectivity index (χ2n) is 6.10. The normalized spacial score (nSPS) is 17.5. The van der Waals surface area contributed by atoms with Crippen LogP contribution in [0.4, 0.5) is 0 Å². The van der Waals surface area contributed by atoms with Crippen LogP contribution >= 0.6 is 0 Å². The number of aromatic nitrogens is 4. The Bertz CT molecular complexity index is 807. The number of sulfonamides is 1. The van der Waals surface area contributed by atoms with Crippen molar-refractivity contribution in [1.29, 1.82) is 0 Å². The summed E-state index contributed by atoms with van der Waals surface area (Å²) in [6, 6.07) is 1.91. The molecular formula is C15H21N5O2S. The van der Waals surface area contributed by atoms with Gasteiger partial charge in [0.05, 0.1) is 6.26 Å². The largest absolute Gasteiger partial charge is 0.341 e. The first kappa shape index (κ1) is 16.1. The van der Waals surface area contributed by atoms with Crippen molar-refractivity contribution in [1.82, 2.24) is 24.2 Å². The van der Waals surface area contributed by atoms with E-state index in [1.807, 2.05) is 19.9 Å². The van der Waals surface area contributed by atoms with Crippen molar-refractivity contribution in [2.75, 3.05) is 19.3 Å². The van der Waals surface area contributed by atoms with Crippen molar-refractivity contribution >= 4 is 10.0 Å². The van der Waals surface area contributed by atoms with E-state index in [9.17, 15) is 8.42 Å². The maximum atomic E-state index is 11.6. The van der Waals surface area contributed by atoms with Gasteiger partial charge in [-0.15, -0.1) is 0 Å². The average molecular weight is 335 g/mol. The first-order valence-electron chi connectivity index (χ1n) is 7.65. The molecule has 0 aromatic carbocycles. The molecule has 8 heteroatoms. The fourth-order valence-electron chi connectivity index (χ4n) is 2.88. The molecule has 1 N–H and O–H groups in total. The van der Waals surface area contributed by atoms with Crippen LogP contribution in [0.2, 0.25) is 0 Å². The summed E-state index contributed by atoms with van der Waals surface area (Å²) in [5.41, 5.74) is 2.66. The molecule has 2 aromatic rings. The van der Waals surface area contributed by atoms with Gasteiger partial charge in [0.25, 0.3) is 0 Å². The van der Waals surface area contributed by atoms with Gasteiger partial charge in [0, 0.05) is 36.6 Å². The molecule has 0 amide bonds. The van der Waals surface area contributed by atoms with E-state index in [1.165, 1.54) is 10.6 Å². The van der Waals surface area contributed by atoms with E-state index in [-0.39, 0.29) is 5.92 Å². The van der Waals surface area contributed by atoms with E-state index in [0.29, 0.717) is 13.1 Å². The summed E-state index contributed by atoms with van der Waals surface area (Å²) < 4.78 is 24.7. The maximum Gasteiger partial charge on any atom is 0.211 e. The van der Waals surface area contributed by atoms with Crippen LogP contribution in [0.3, 0.4) is 0 Å². The highest BCUT2D eigenvalue weighted by Crippen LogP contribution is 2.28. The molecule has 1 saturated heterocycles. The van der Waals surface area contributed by atoms with Gasteiger partial charge < -0.3 is 4.98 Å². The predicted octanol–water partition coefficient (Wildman–Crippen LogP) is 1.62. The highest BCUT2D eigenvalue weighted by Gasteiger charge is 2.27. The van der Waals surface area contributed by atoms with Crippen molar-refractivity contribution in [2.24, 2.45) is 0 Å². The second kappa shape index (κ2) is 6.01. The molecule has 1 aliphatic heterocycles. The van der Waals surface area contributed by atoms with Gasteiger partial charge in [-0.3, -0.25) is 0 Å². The van der Waals surface area contributed by atoms with Crippen LogP contribution in [0.15, 0.2) is 12.3 Å². The van der Waals surface area contributed by atoms with Gasteiger partial charge in [-0.25, -0.2) is 27.7 Å². The van der Waals surface area contributed by atoms with Gasteiger partial charge in [0.1, 0.15) is 11.5 Å². The minimum Gasteiger partial charge on any atom is -0.341 e. The molecule has 0 radical (unpaired) electrons. The Morgan fingerprint density at radius 1 is 1.22 bits per heavy atom. The third-order valence-electron chi connectivity index (χ3n) is 4.11. The molecule has 2 aromatic heterocycles. The zero-order valence-electron chi connectivity index (χ0n) is 13.6. The molecule has 0 atom stereocenters. The number of H-pyrrole nitrogens is 1. The lowest BCUT2D eigenvalue weighted by Gasteiger charge is -2.29. The van der Waals surface area contributed by atoms with E-state index in [4.69, 9.17) is 0 Å². The molecule has 0 saturated carbocycles. The zero-order valence-corrected chi connectivity index (χ0v) is 14.4. The van der Waals surface area contributed by atoms with Gasteiger partial charge in [-0.2, -0.15) is 0 Å². The molecule has 1 aliphatic rings. The van der Waals surface area contributed by atoms with Crippen molar-refractivity contribution in [3.63, 3.8) is 0 Å². The van der Waals surface area contributed by atoms with Gasteiger partial charge in [0.2, 0.25) is 10.0 Å². The summed E-state index contributed by atoms with van der Waals surface area (Å²) >= 11 is 0. The maximum absolute atomic E-state index is 11.6. The van der Waals surface area contributed by atoms with Gasteiger partial charge in [-0.05, 0) is 32.8 Å². The summed E-state index contributed by atoms with van der Waals surface area (Å²) in [5.74, 6) is 1.70. The zero-order chi connectivity index (χ0) is 16.6. The molecular weight excluding hydrogens is 314 g/mol. The van der Waals surface area contributed by atoms with Gasteiger partial charge >= 0.3 is 0 Å². The van der Waals surface area contributed by atoms with E-state index in [0.717, 1.165) is 41.6 Å². The van der Waals surface area contributed by atoms with Crippen molar-refractivity contribution in [3.05, 3.63) is 29.5 Å². The molecule has 0 bridgehead atoms. The standard InChI is InChI=1S/C15H21N5O2S/c1-10-8-13(15-16-9-11(2)18-15)19-14(17-10)12-4-6-20(7-5-12)23(3,21)22/h8-9,12H,4-7H2,1-3H3,(H,16,18). The van der Waals surface area contributed by atoms with Crippen LogP contribution < -0.4 is 0 Å². The van der Waals surface area contributed by atoms with Crippen LogP contribution in [0.25, 0.3) is 11.5 Å². The van der Waals surface area contributed by atoms with Gasteiger partial charge in [-0.1, -0.05) is 0 Å². The summed E-state index contributed by atoms with van der Waals surface area (Å²) in [7, 11) is -3.11. The Morgan fingerprint density at radius 2 is 1.91 bits per heavy atom. The summed E-state index contributed by atoms with van der Waals surface area (Å²) in [4.78, 5) is 16.7. The quantitative estimate of drug-likeness (QED) is 0.920. The topological polar surface area (TPSA) is 91.8 Å². The Hall–Kier alpha value is -1.80. The fourth-order valence-corrected chi connectivity index (χ4v) is 3.76. The number of hydrogen-bond donors (Lipinski definition) is 1. The van der Waals surface area contributed by atoms with Crippen LogP contribution in [0, 0.1) is 13.8 Å². The molecule has 3 heterocycles. The lowest BCUT2D eigenvalue weighted by atomic mass is 9.97. The average Bonchev–Trinajstić information content (AvgIpc) is 2.92. The molecule has 0 aliphatic carbocycles. The lowest BCUT2D eigenvalue weighted by molar-refractivity contribution is 0.315. The Kier molecular flexibility index (Phi) is 4.20. The summed E-state index contributed by atoms with van der Waals surface area (Å²) in [6.45, 7) is 4.94. The summed E-state index contributed by atoms with van der Waals surface area (Å²) in [6.07, 6.45) is 4.52. The van der Waals surface area contributed by atoms with Crippen LogP contribution in [0.1, 0.15) is 36.0 Å². The smallest absolute Gasteiger partial charge is 0.211 e. The fraction of sp³-hybridized carbons (Fsp3) is 0.533. The van der Waals surface area contributed by atoms with Crippen molar-refractivity contribution in [2.45, 2.75) is 32.6 Å². The van der Waals surface area contributed by atoms with E-state index in [2.05, 4.69) is 19.9 Å². The highest BCUT2D eigenvalue weighted by molar-refractivity contribution is 7.88. The number of nitrogens with zero attached hydrogens (tertiary/aromatic N) is 4. The molecule has 0 unspecified atom stereocenters. The molecule has 7 nitrogen and oxygen atoms in total. The third kappa shape index (κ3) is 3.59. The van der Waals surface area contributed by atoms with E-state index in [1.54, 1.807) is 6.20 Å². The van der Waals surface area contributed by atoms with Crippen LogP contribution in [-0.4, -0.2) is 52.0 Å². The number of aryl methyl sites for hydroxylation is 2. The number of imidazole rings is 1. The Balaban J connectivity index is 1.83. The first-order valence-corrected chi connectivity index (χ1v) is 9.50. The molecule has 1 fully saturated rings. The molecule has 3 rings (SSSR count). The van der Waals surface area contributed by atoms with Crippen molar-refractivity contribution < 1.29 is 8.42 Å². The number of nitrogens with one attached hydrogen (secondary N) is 1.